The molecule has 0 nitrogen and oxygen atoms in total. The Labute approximate surface area is 75.9 Å². The summed E-state index contributed by atoms with van der Waals surface area (Å²) >= 11 is 0. The molecular weight excluding hydrogens is 170 g/mol. The van der Waals surface area contributed by atoms with Gasteiger partial charge in [0, 0.05) is 0 Å². The van der Waals surface area contributed by atoms with Crippen LogP contribution in [-0.4, -0.2) is 0 Å². The van der Waals surface area contributed by atoms with Gasteiger partial charge in [0.05, 0.1) is 0 Å². The van der Waals surface area contributed by atoms with Gasteiger partial charge < -0.3 is 0 Å². The molecule has 1 aliphatic carbocycles. The molecule has 13 heavy (non-hydrogen) atoms. The summed E-state index contributed by atoms with van der Waals surface area (Å²) in [5.41, 5.74) is 2.57. The van der Waals surface area contributed by atoms with E-state index in [9.17, 15) is 8.78 Å². The Morgan fingerprint density at radius 3 is 2.38 bits per heavy atom. The van der Waals surface area contributed by atoms with Crippen LogP contribution in [0.3, 0.4) is 0 Å². The standard InChI is InChI=1S/C11H10F2/c12-11(13)10-6-5-8-3-1-2-4-9(8)7-10/h1-4H,5-7H2. The van der Waals surface area contributed by atoms with Crippen molar-refractivity contribution in [3.05, 3.63) is 47.0 Å². The first kappa shape index (κ1) is 8.42. The Bertz CT molecular complexity index is 349. The fourth-order valence-corrected chi connectivity index (χ4v) is 1.74. The van der Waals surface area contributed by atoms with E-state index in [1.165, 1.54) is 5.56 Å². The van der Waals surface area contributed by atoms with Gasteiger partial charge in [-0.15, -0.1) is 0 Å². The summed E-state index contributed by atoms with van der Waals surface area (Å²) in [6.45, 7) is 0. The molecule has 0 heterocycles. The molecule has 0 unspecified atom stereocenters. The molecule has 0 aliphatic heterocycles. The summed E-state index contributed by atoms with van der Waals surface area (Å²) < 4.78 is 24.6. The highest BCUT2D eigenvalue weighted by atomic mass is 19.3. The lowest BCUT2D eigenvalue weighted by atomic mass is 9.89. The first-order valence-electron chi connectivity index (χ1n) is 4.37. The van der Waals surface area contributed by atoms with Gasteiger partial charge in [-0.05, 0) is 36.0 Å². The lowest BCUT2D eigenvalue weighted by molar-refractivity contribution is 0.403. The van der Waals surface area contributed by atoms with Crippen molar-refractivity contribution in [1.82, 2.24) is 0 Å². The molecule has 2 heteroatoms. The molecule has 0 saturated carbocycles. The molecule has 0 bridgehead atoms. The number of fused-ring (bicyclic) bond motifs is 1. The topological polar surface area (TPSA) is 0 Å². The minimum atomic E-state index is -1.49. The summed E-state index contributed by atoms with van der Waals surface area (Å²) in [7, 11) is 0. The average molecular weight is 180 g/mol. The molecule has 0 N–H and O–H groups in total. The van der Waals surface area contributed by atoms with Gasteiger partial charge in [-0.3, -0.25) is 0 Å². The van der Waals surface area contributed by atoms with Crippen LogP contribution in [0.25, 0.3) is 0 Å². The SMILES string of the molecule is FC(F)=C1CCc2ccccc2C1. The maximum atomic E-state index is 12.3. The summed E-state index contributed by atoms with van der Waals surface area (Å²) in [4.78, 5) is 0. The van der Waals surface area contributed by atoms with Gasteiger partial charge in [-0.1, -0.05) is 24.3 Å². The average Bonchev–Trinajstić information content (AvgIpc) is 2.17. The molecule has 0 spiro atoms. The second kappa shape index (κ2) is 3.29. The van der Waals surface area contributed by atoms with E-state index in [2.05, 4.69) is 0 Å². The van der Waals surface area contributed by atoms with Crippen molar-refractivity contribution in [2.24, 2.45) is 0 Å². The van der Waals surface area contributed by atoms with Crippen LogP contribution in [-0.2, 0) is 12.8 Å². The lowest BCUT2D eigenvalue weighted by Gasteiger charge is -2.17. The molecule has 68 valence electrons. The molecule has 2 rings (SSSR count). The van der Waals surface area contributed by atoms with Gasteiger partial charge in [0.25, 0.3) is 6.08 Å². The van der Waals surface area contributed by atoms with Crippen LogP contribution in [0, 0.1) is 0 Å². The lowest BCUT2D eigenvalue weighted by Crippen LogP contribution is -2.05. The van der Waals surface area contributed by atoms with E-state index in [1.54, 1.807) is 0 Å². The van der Waals surface area contributed by atoms with E-state index < -0.39 is 6.08 Å². The molecule has 0 amide bonds. The first-order valence-corrected chi connectivity index (χ1v) is 4.37. The fraction of sp³-hybridized carbons (Fsp3) is 0.273. The predicted molar refractivity (Wildman–Crippen MR) is 47.7 cm³/mol. The largest absolute Gasteiger partial charge is 0.269 e. The van der Waals surface area contributed by atoms with Gasteiger partial charge in [0.1, 0.15) is 0 Å². The molecule has 1 aromatic carbocycles. The van der Waals surface area contributed by atoms with Gasteiger partial charge in [0.15, 0.2) is 0 Å². The Morgan fingerprint density at radius 2 is 1.69 bits per heavy atom. The van der Waals surface area contributed by atoms with Crippen LogP contribution < -0.4 is 0 Å². The van der Waals surface area contributed by atoms with Crippen molar-refractivity contribution in [3.8, 4) is 0 Å². The third-order valence-corrected chi connectivity index (χ3v) is 2.49. The highest BCUT2D eigenvalue weighted by Gasteiger charge is 2.15. The quantitative estimate of drug-likeness (QED) is 0.574. The van der Waals surface area contributed by atoms with Crippen LogP contribution in [0.15, 0.2) is 35.9 Å². The molecule has 0 saturated heterocycles. The van der Waals surface area contributed by atoms with Gasteiger partial charge in [-0.25, -0.2) is 0 Å². The molecule has 0 fully saturated rings. The highest BCUT2D eigenvalue weighted by molar-refractivity contribution is 5.35. The number of aryl methyl sites for hydroxylation is 1. The van der Waals surface area contributed by atoms with Crippen molar-refractivity contribution in [3.63, 3.8) is 0 Å². The second-order valence-corrected chi connectivity index (χ2v) is 3.31. The van der Waals surface area contributed by atoms with Crippen molar-refractivity contribution < 1.29 is 8.78 Å². The van der Waals surface area contributed by atoms with Crippen molar-refractivity contribution >= 4 is 0 Å². The van der Waals surface area contributed by atoms with E-state index in [0.717, 1.165) is 12.0 Å². The molecule has 0 radical (unpaired) electrons. The molecule has 1 aliphatic rings. The predicted octanol–water partition coefficient (Wildman–Crippen LogP) is 3.33. The molecular formula is C11H10F2. The van der Waals surface area contributed by atoms with Crippen LogP contribution in [0.1, 0.15) is 17.5 Å². The van der Waals surface area contributed by atoms with Crippen LogP contribution in [0.5, 0.6) is 0 Å². The normalized spacial score (nSPS) is 15.4. The van der Waals surface area contributed by atoms with E-state index in [-0.39, 0.29) is 0 Å². The fourth-order valence-electron chi connectivity index (χ4n) is 1.74. The monoisotopic (exact) mass is 180 g/mol. The van der Waals surface area contributed by atoms with Crippen LogP contribution in [0.2, 0.25) is 0 Å². The maximum Gasteiger partial charge on any atom is 0.269 e. The number of rotatable bonds is 0. The van der Waals surface area contributed by atoms with Gasteiger partial charge in [-0.2, -0.15) is 8.78 Å². The van der Waals surface area contributed by atoms with Crippen molar-refractivity contribution in [1.29, 1.82) is 0 Å². The van der Waals surface area contributed by atoms with Gasteiger partial charge >= 0.3 is 0 Å². The van der Waals surface area contributed by atoms with E-state index in [1.807, 2.05) is 24.3 Å². The van der Waals surface area contributed by atoms with Crippen molar-refractivity contribution in [2.75, 3.05) is 0 Å². The third kappa shape index (κ3) is 1.62. The first-order chi connectivity index (χ1) is 6.27. The Balaban J connectivity index is 2.35. The minimum absolute atomic E-state index is 0.304. The molecule has 0 atom stereocenters. The summed E-state index contributed by atoms with van der Waals surface area (Å²) in [6.07, 6.45) is 0.204. The van der Waals surface area contributed by atoms with E-state index in [4.69, 9.17) is 0 Å². The molecule has 0 aromatic heterocycles. The maximum absolute atomic E-state index is 12.3. The third-order valence-electron chi connectivity index (χ3n) is 2.49. The summed E-state index contributed by atoms with van der Waals surface area (Å²) in [6, 6.07) is 7.80. The summed E-state index contributed by atoms with van der Waals surface area (Å²) in [5, 5.41) is 0. The van der Waals surface area contributed by atoms with E-state index >= 15 is 0 Å². The number of benzene rings is 1. The highest BCUT2D eigenvalue weighted by Crippen LogP contribution is 2.27. The van der Waals surface area contributed by atoms with Gasteiger partial charge in [0.2, 0.25) is 0 Å². The number of allylic oxidation sites excluding steroid dienone is 1. The van der Waals surface area contributed by atoms with Crippen molar-refractivity contribution in [2.45, 2.75) is 19.3 Å². The summed E-state index contributed by atoms with van der Waals surface area (Å²) in [5.74, 6) is 0. The number of hydrogen-bond acceptors (Lipinski definition) is 0. The zero-order chi connectivity index (χ0) is 9.26. The van der Waals surface area contributed by atoms with Crippen LogP contribution in [0.4, 0.5) is 8.78 Å². The zero-order valence-corrected chi connectivity index (χ0v) is 7.19. The van der Waals surface area contributed by atoms with E-state index in [0.29, 0.717) is 18.4 Å². The Morgan fingerprint density at radius 1 is 1.00 bits per heavy atom. The smallest absolute Gasteiger partial charge is 0.173 e. The van der Waals surface area contributed by atoms with Crippen LogP contribution >= 0.6 is 0 Å². The minimum Gasteiger partial charge on any atom is -0.173 e. The second-order valence-electron chi connectivity index (χ2n) is 3.31. The Kier molecular flexibility index (Phi) is 2.13. The Hall–Kier alpha value is -1.18. The number of hydrogen-bond donors (Lipinski definition) is 0. The number of halogens is 2. The zero-order valence-electron chi connectivity index (χ0n) is 7.19. The molecule has 1 aromatic rings.